The van der Waals surface area contributed by atoms with Crippen LogP contribution in [0.3, 0.4) is 0 Å². The van der Waals surface area contributed by atoms with Gasteiger partial charge in [-0.1, -0.05) is 36.4 Å². The molecule has 1 aliphatic heterocycles. The SMILES string of the molecule is O=C(COc1ccccc1)NCC(=O)N1CCN(C(=O)c2ccccc2)CC1. The molecule has 0 radical (unpaired) electrons. The van der Waals surface area contributed by atoms with E-state index in [4.69, 9.17) is 4.74 Å². The second-order valence-electron chi connectivity index (χ2n) is 6.42. The molecule has 7 heteroatoms. The van der Waals surface area contributed by atoms with Gasteiger partial charge in [-0.2, -0.15) is 0 Å². The molecular formula is C21H23N3O4. The zero-order chi connectivity index (χ0) is 19.8. The van der Waals surface area contributed by atoms with Crippen LogP contribution in [0.4, 0.5) is 0 Å². The molecule has 28 heavy (non-hydrogen) atoms. The van der Waals surface area contributed by atoms with E-state index in [-0.39, 0.29) is 30.9 Å². The third-order valence-corrected chi connectivity index (χ3v) is 4.49. The van der Waals surface area contributed by atoms with E-state index < -0.39 is 0 Å². The minimum atomic E-state index is -0.352. The highest BCUT2D eigenvalue weighted by molar-refractivity contribution is 5.94. The van der Waals surface area contributed by atoms with Crippen molar-refractivity contribution in [2.75, 3.05) is 39.3 Å². The fourth-order valence-corrected chi connectivity index (χ4v) is 2.92. The van der Waals surface area contributed by atoms with Crippen LogP contribution in [0.2, 0.25) is 0 Å². The van der Waals surface area contributed by atoms with Crippen molar-refractivity contribution in [2.45, 2.75) is 0 Å². The number of carbonyl (C=O) groups excluding carboxylic acids is 3. The van der Waals surface area contributed by atoms with Crippen LogP contribution in [-0.2, 0) is 9.59 Å². The molecular weight excluding hydrogens is 358 g/mol. The molecule has 1 saturated heterocycles. The highest BCUT2D eigenvalue weighted by atomic mass is 16.5. The van der Waals surface area contributed by atoms with Crippen LogP contribution in [-0.4, -0.2) is 66.9 Å². The van der Waals surface area contributed by atoms with E-state index in [1.807, 2.05) is 36.4 Å². The Kier molecular flexibility index (Phi) is 6.62. The van der Waals surface area contributed by atoms with Crippen molar-refractivity contribution in [1.29, 1.82) is 0 Å². The number of piperazine rings is 1. The summed E-state index contributed by atoms with van der Waals surface area (Å²) >= 11 is 0. The number of nitrogens with zero attached hydrogens (tertiary/aromatic N) is 2. The molecule has 3 rings (SSSR count). The molecule has 0 unspecified atom stereocenters. The second-order valence-corrected chi connectivity index (χ2v) is 6.42. The van der Waals surface area contributed by atoms with Crippen molar-refractivity contribution in [3.8, 4) is 5.75 Å². The second kappa shape index (κ2) is 9.55. The minimum absolute atomic E-state index is 0.0286. The molecule has 1 aliphatic rings. The van der Waals surface area contributed by atoms with Gasteiger partial charge in [0, 0.05) is 31.7 Å². The van der Waals surface area contributed by atoms with Crippen molar-refractivity contribution in [3.63, 3.8) is 0 Å². The van der Waals surface area contributed by atoms with E-state index >= 15 is 0 Å². The summed E-state index contributed by atoms with van der Waals surface area (Å²) in [5, 5.41) is 2.57. The van der Waals surface area contributed by atoms with Gasteiger partial charge in [0.15, 0.2) is 6.61 Å². The maximum atomic E-state index is 12.4. The topological polar surface area (TPSA) is 79.0 Å². The first kappa shape index (κ1) is 19.4. The molecule has 1 fully saturated rings. The highest BCUT2D eigenvalue weighted by Gasteiger charge is 2.24. The van der Waals surface area contributed by atoms with E-state index in [9.17, 15) is 14.4 Å². The van der Waals surface area contributed by atoms with Crippen LogP contribution < -0.4 is 10.1 Å². The van der Waals surface area contributed by atoms with Gasteiger partial charge >= 0.3 is 0 Å². The van der Waals surface area contributed by atoms with Crippen LogP contribution in [0.5, 0.6) is 5.75 Å². The van der Waals surface area contributed by atoms with Crippen molar-refractivity contribution >= 4 is 17.7 Å². The lowest BCUT2D eigenvalue weighted by Crippen LogP contribution is -2.52. The first-order valence-corrected chi connectivity index (χ1v) is 9.20. The van der Waals surface area contributed by atoms with Crippen molar-refractivity contribution < 1.29 is 19.1 Å². The van der Waals surface area contributed by atoms with E-state index in [0.29, 0.717) is 37.5 Å². The predicted molar refractivity (Wildman–Crippen MR) is 104 cm³/mol. The number of nitrogens with one attached hydrogen (secondary N) is 1. The van der Waals surface area contributed by atoms with Gasteiger partial charge in [0.1, 0.15) is 5.75 Å². The largest absolute Gasteiger partial charge is 0.484 e. The molecule has 7 nitrogen and oxygen atoms in total. The number of ether oxygens (including phenoxy) is 1. The maximum Gasteiger partial charge on any atom is 0.258 e. The van der Waals surface area contributed by atoms with Crippen LogP contribution in [0.25, 0.3) is 0 Å². The summed E-state index contributed by atoms with van der Waals surface area (Å²) in [6.45, 7) is 1.64. The number of carbonyl (C=O) groups is 3. The highest BCUT2D eigenvalue weighted by Crippen LogP contribution is 2.09. The van der Waals surface area contributed by atoms with Crippen LogP contribution in [0, 0.1) is 0 Å². The number of hydrogen-bond acceptors (Lipinski definition) is 4. The number of hydrogen-bond donors (Lipinski definition) is 1. The monoisotopic (exact) mass is 381 g/mol. The third-order valence-electron chi connectivity index (χ3n) is 4.49. The molecule has 146 valence electrons. The van der Waals surface area contributed by atoms with E-state index in [0.717, 1.165) is 0 Å². The van der Waals surface area contributed by atoms with Gasteiger partial charge in [-0.05, 0) is 24.3 Å². The third kappa shape index (κ3) is 5.33. The molecule has 2 aromatic rings. The van der Waals surface area contributed by atoms with E-state index in [1.165, 1.54) is 0 Å². The van der Waals surface area contributed by atoms with Gasteiger partial charge in [-0.25, -0.2) is 0 Å². The van der Waals surface area contributed by atoms with Crippen LogP contribution in [0.15, 0.2) is 60.7 Å². The summed E-state index contributed by atoms with van der Waals surface area (Å²) in [6, 6.07) is 18.1. The first-order chi connectivity index (χ1) is 13.6. The Labute approximate surface area is 163 Å². The number of rotatable bonds is 6. The number of para-hydroxylation sites is 1. The standard InChI is InChI=1S/C21H23N3O4/c25-19(16-28-18-9-5-2-6-10-18)22-15-20(26)23-11-13-24(14-12-23)21(27)17-7-3-1-4-8-17/h1-10H,11-16H2,(H,22,25). The molecule has 0 bridgehead atoms. The van der Waals surface area contributed by atoms with Gasteiger partial charge in [0.05, 0.1) is 6.54 Å². The Morgan fingerprint density at radius 1 is 0.821 bits per heavy atom. The lowest BCUT2D eigenvalue weighted by molar-refractivity contribution is -0.134. The Morgan fingerprint density at radius 2 is 1.39 bits per heavy atom. The van der Waals surface area contributed by atoms with Crippen molar-refractivity contribution in [2.24, 2.45) is 0 Å². The molecule has 0 spiro atoms. The predicted octanol–water partition coefficient (Wildman–Crippen LogP) is 1.17. The molecule has 2 aromatic carbocycles. The van der Waals surface area contributed by atoms with Gasteiger partial charge in [0.2, 0.25) is 5.91 Å². The maximum absolute atomic E-state index is 12.4. The Hall–Kier alpha value is -3.35. The summed E-state index contributed by atoms with van der Waals surface area (Å²) in [6.07, 6.45) is 0. The molecule has 0 atom stereocenters. The van der Waals surface area contributed by atoms with E-state index in [1.54, 1.807) is 34.1 Å². The quantitative estimate of drug-likeness (QED) is 0.815. The number of amides is 3. The van der Waals surface area contributed by atoms with Gasteiger partial charge in [-0.3, -0.25) is 14.4 Å². The van der Waals surface area contributed by atoms with Gasteiger partial charge < -0.3 is 19.9 Å². The molecule has 0 aromatic heterocycles. The minimum Gasteiger partial charge on any atom is -0.484 e. The van der Waals surface area contributed by atoms with Gasteiger partial charge in [0.25, 0.3) is 11.8 Å². The van der Waals surface area contributed by atoms with Gasteiger partial charge in [-0.15, -0.1) is 0 Å². The Morgan fingerprint density at radius 3 is 2.04 bits per heavy atom. The lowest BCUT2D eigenvalue weighted by atomic mass is 10.2. The summed E-state index contributed by atoms with van der Waals surface area (Å²) in [4.78, 5) is 40.0. The average molecular weight is 381 g/mol. The molecule has 1 heterocycles. The van der Waals surface area contributed by atoms with Crippen LogP contribution in [0.1, 0.15) is 10.4 Å². The van der Waals surface area contributed by atoms with Crippen LogP contribution >= 0.6 is 0 Å². The molecule has 0 aliphatic carbocycles. The average Bonchev–Trinajstić information content (AvgIpc) is 2.77. The Balaban J connectivity index is 1.38. The Bertz CT molecular complexity index is 803. The fraction of sp³-hybridized carbons (Fsp3) is 0.286. The fourth-order valence-electron chi connectivity index (χ4n) is 2.92. The lowest BCUT2D eigenvalue weighted by Gasteiger charge is -2.34. The zero-order valence-electron chi connectivity index (χ0n) is 15.5. The van der Waals surface area contributed by atoms with Crippen molar-refractivity contribution in [3.05, 3.63) is 66.2 Å². The first-order valence-electron chi connectivity index (χ1n) is 9.20. The zero-order valence-corrected chi connectivity index (χ0v) is 15.5. The number of benzene rings is 2. The molecule has 0 saturated carbocycles. The summed E-state index contributed by atoms with van der Waals surface area (Å²) in [5.74, 6) is 0.0530. The smallest absolute Gasteiger partial charge is 0.258 e. The normalized spacial score (nSPS) is 13.7. The summed E-state index contributed by atoms with van der Waals surface area (Å²) in [7, 11) is 0. The molecule has 1 N–H and O–H groups in total. The summed E-state index contributed by atoms with van der Waals surface area (Å²) in [5.41, 5.74) is 0.646. The van der Waals surface area contributed by atoms with Crippen molar-refractivity contribution in [1.82, 2.24) is 15.1 Å². The molecule has 3 amide bonds. The van der Waals surface area contributed by atoms with E-state index in [2.05, 4.69) is 5.32 Å². The summed E-state index contributed by atoms with van der Waals surface area (Å²) < 4.78 is 5.35.